The average Bonchev–Trinajstić information content (AvgIpc) is 2.64. The smallest absolute Gasteiger partial charge is 0.296 e. The molecule has 0 spiro atoms. The average molecular weight is 375 g/mol. The first kappa shape index (κ1) is 20.0. The minimum Gasteiger partial charge on any atom is -0.492 e. The summed E-state index contributed by atoms with van der Waals surface area (Å²) in [6.07, 6.45) is 7.82. The lowest BCUT2D eigenvalue weighted by molar-refractivity contribution is -0.384. The van der Waals surface area contributed by atoms with Crippen LogP contribution in [-0.2, 0) is 0 Å². The summed E-state index contributed by atoms with van der Waals surface area (Å²) in [5, 5.41) is 14.5. The minimum absolute atomic E-state index is 0.0366. The monoisotopic (exact) mass is 375 g/mol. The molecular weight excluding hydrogens is 350 g/mol. The number of ether oxygens (including phenoxy) is 1. The largest absolute Gasteiger partial charge is 0.492 e. The van der Waals surface area contributed by atoms with Crippen molar-refractivity contribution in [2.75, 3.05) is 18.5 Å². The zero-order valence-electron chi connectivity index (χ0n) is 15.2. The summed E-state index contributed by atoms with van der Waals surface area (Å²) in [4.78, 5) is 16.9. The molecule has 2 aromatic rings. The SMILES string of the molecule is CCCCCCOc1cc([N+](=O)[O-])c(NCC)cc1Sc1ccncc1. The quantitative estimate of drug-likeness (QED) is 0.316. The molecule has 0 saturated carbocycles. The number of nitro benzene ring substituents is 1. The minimum atomic E-state index is -0.372. The lowest BCUT2D eigenvalue weighted by Crippen LogP contribution is -2.04. The van der Waals surface area contributed by atoms with Crippen LogP contribution < -0.4 is 10.1 Å². The molecule has 0 aliphatic heterocycles. The van der Waals surface area contributed by atoms with E-state index in [9.17, 15) is 10.1 Å². The summed E-state index contributed by atoms with van der Waals surface area (Å²) in [7, 11) is 0. The molecule has 0 radical (unpaired) electrons. The van der Waals surface area contributed by atoms with Crippen LogP contribution in [0.3, 0.4) is 0 Å². The van der Waals surface area contributed by atoms with E-state index in [1.54, 1.807) is 18.5 Å². The van der Waals surface area contributed by atoms with Gasteiger partial charge in [-0.15, -0.1) is 0 Å². The molecule has 0 aliphatic rings. The second kappa shape index (κ2) is 10.7. The van der Waals surface area contributed by atoms with Crippen LogP contribution in [0.2, 0.25) is 0 Å². The van der Waals surface area contributed by atoms with Gasteiger partial charge < -0.3 is 10.1 Å². The fraction of sp³-hybridized carbons (Fsp3) is 0.421. The van der Waals surface area contributed by atoms with E-state index in [0.717, 1.165) is 29.1 Å². The fourth-order valence-electron chi connectivity index (χ4n) is 2.47. The second-order valence-corrected chi connectivity index (χ2v) is 6.91. The summed E-state index contributed by atoms with van der Waals surface area (Å²) in [6, 6.07) is 7.14. The van der Waals surface area contributed by atoms with Crippen LogP contribution in [0.15, 0.2) is 46.5 Å². The molecule has 26 heavy (non-hydrogen) atoms. The third-order valence-electron chi connectivity index (χ3n) is 3.76. The Morgan fingerprint density at radius 1 is 1.19 bits per heavy atom. The standard InChI is InChI=1S/C19H25N3O3S/c1-3-5-6-7-12-25-18-14-17(22(23)24)16(21-4-2)13-19(18)26-15-8-10-20-11-9-15/h8-11,13-14,21H,3-7,12H2,1-2H3. The Labute approximate surface area is 158 Å². The number of aromatic nitrogens is 1. The Kier molecular flexibility index (Phi) is 8.21. The van der Waals surface area contributed by atoms with Crippen molar-refractivity contribution in [3.05, 3.63) is 46.8 Å². The number of hydrogen-bond acceptors (Lipinski definition) is 6. The van der Waals surface area contributed by atoms with Gasteiger partial charge in [0.2, 0.25) is 0 Å². The van der Waals surface area contributed by atoms with Crippen molar-refractivity contribution in [1.29, 1.82) is 0 Å². The molecule has 1 aromatic heterocycles. The van der Waals surface area contributed by atoms with Crippen LogP contribution in [0, 0.1) is 10.1 Å². The topological polar surface area (TPSA) is 77.3 Å². The molecule has 0 amide bonds. The third kappa shape index (κ3) is 5.91. The van der Waals surface area contributed by atoms with Gasteiger partial charge in [-0.1, -0.05) is 37.9 Å². The predicted molar refractivity (Wildman–Crippen MR) is 105 cm³/mol. The molecule has 140 valence electrons. The second-order valence-electron chi connectivity index (χ2n) is 5.80. The van der Waals surface area contributed by atoms with Crippen molar-refractivity contribution in [3.8, 4) is 5.75 Å². The van der Waals surface area contributed by atoms with Crippen molar-refractivity contribution in [3.63, 3.8) is 0 Å². The van der Waals surface area contributed by atoms with E-state index in [1.165, 1.54) is 24.2 Å². The molecule has 1 aromatic carbocycles. The van der Waals surface area contributed by atoms with Gasteiger partial charge in [-0.3, -0.25) is 15.1 Å². The zero-order chi connectivity index (χ0) is 18.8. The Balaban J connectivity index is 2.27. The number of anilines is 1. The molecule has 7 heteroatoms. The highest BCUT2D eigenvalue weighted by atomic mass is 32.2. The van der Waals surface area contributed by atoms with Crippen LogP contribution in [0.1, 0.15) is 39.5 Å². The van der Waals surface area contributed by atoms with Crippen LogP contribution in [0.4, 0.5) is 11.4 Å². The van der Waals surface area contributed by atoms with Crippen LogP contribution in [0.5, 0.6) is 5.75 Å². The molecule has 0 saturated heterocycles. The lowest BCUT2D eigenvalue weighted by Gasteiger charge is -2.14. The summed E-state index contributed by atoms with van der Waals surface area (Å²) in [5.41, 5.74) is 0.543. The van der Waals surface area contributed by atoms with E-state index in [2.05, 4.69) is 17.2 Å². The van der Waals surface area contributed by atoms with E-state index < -0.39 is 0 Å². The zero-order valence-corrected chi connectivity index (χ0v) is 16.1. The number of nitrogens with zero attached hydrogens (tertiary/aromatic N) is 2. The Hall–Kier alpha value is -2.28. The highest BCUT2D eigenvalue weighted by molar-refractivity contribution is 7.99. The molecule has 0 aliphatic carbocycles. The first-order chi connectivity index (χ1) is 12.7. The predicted octanol–water partition coefficient (Wildman–Crippen LogP) is 5.53. The van der Waals surface area contributed by atoms with Crippen LogP contribution in [0.25, 0.3) is 0 Å². The number of pyridine rings is 1. The highest BCUT2D eigenvalue weighted by Crippen LogP contribution is 2.41. The Bertz CT molecular complexity index is 711. The van der Waals surface area contributed by atoms with Gasteiger partial charge in [0.05, 0.1) is 22.5 Å². The van der Waals surface area contributed by atoms with Crippen LogP contribution >= 0.6 is 11.8 Å². The number of hydrogen-bond donors (Lipinski definition) is 1. The fourth-order valence-corrected chi connectivity index (χ4v) is 3.38. The lowest BCUT2D eigenvalue weighted by atomic mass is 10.2. The van der Waals surface area contributed by atoms with E-state index in [1.807, 2.05) is 19.1 Å². The van der Waals surface area contributed by atoms with Gasteiger partial charge in [0, 0.05) is 23.8 Å². The molecule has 1 N–H and O–H groups in total. The maximum Gasteiger partial charge on any atom is 0.296 e. The normalized spacial score (nSPS) is 10.5. The number of nitrogens with one attached hydrogen (secondary N) is 1. The molecule has 0 unspecified atom stereocenters. The van der Waals surface area contributed by atoms with Gasteiger partial charge >= 0.3 is 0 Å². The van der Waals surface area contributed by atoms with E-state index >= 15 is 0 Å². The first-order valence-corrected chi connectivity index (χ1v) is 9.74. The summed E-state index contributed by atoms with van der Waals surface area (Å²) >= 11 is 1.52. The maximum absolute atomic E-state index is 11.4. The van der Waals surface area contributed by atoms with Crippen molar-refractivity contribution in [2.24, 2.45) is 0 Å². The van der Waals surface area contributed by atoms with Crippen molar-refractivity contribution in [2.45, 2.75) is 49.3 Å². The van der Waals surface area contributed by atoms with Gasteiger partial charge in [-0.05, 0) is 31.5 Å². The third-order valence-corrected chi connectivity index (χ3v) is 4.81. The first-order valence-electron chi connectivity index (χ1n) is 8.92. The molecule has 1 heterocycles. The number of nitro groups is 1. The van der Waals surface area contributed by atoms with Gasteiger partial charge in [-0.2, -0.15) is 0 Å². The number of unbranched alkanes of at least 4 members (excludes halogenated alkanes) is 3. The molecule has 0 atom stereocenters. The number of rotatable bonds is 11. The van der Waals surface area contributed by atoms with Gasteiger partial charge in [0.25, 0.3) is 5.69 Å². The van der Waals surface area contributed by atoms with Gasteiger partial charge in [0.15, 0.2) is 0 Å². The molecule has 6 nitrogen and oxygen atoms in total. The van der Waals surface area contributed by atoms with Crippen molar-refractivity contribution in [1.82, 2.24) is 4.98 Å². The molecular formula is C19H25N3O3S. The Morgan fingerprint density at radius 2 is 1.96 bits per heavy atom. The molecule has 0 fully saturated rings. The summed E-state index contributed by atoms with van der Waals surface area (Å²) in [6.45, 7) is 5.24. The van der Waals surface area contributed by atoms with Crippen molar-refractivity contribution < 1.29 is 9.66 Å². The highest BCUT2D eigenvalue weighted by Gasteiger charge is 2.19. The van der Waals surface area contributed by atoms with Crippen molar-refractivity contribution >= 4 is 23.1 Å². The van der Waals surface area contributed by atoms with E-state index in [-0.39, 0.29) is 10.6 Å². The summed E-state index contributed by atoms with van der Waals surface area (Å²) in [5.74, 6) is 0.552. The number of benzene rings is 1. The van der Waals surface area contributed by atoms with Gasteiger partial charge in [0.1, 0.15) is 11.4 Å². The van der Waals surface area contributed by atoms with Crippen LogP contribution in [-0.4, -0.2) is 23.1 Å². The van der Waals surface area contributed by atoms with Gasteiger partial charge in [-0.25, -0.2) is 0 Å². The van der Waals surface area contributed by atoms with E-state index in [4.69, 9.17) is 4.74 Å². The Morgan fingerprint density at radius 3 is 2.62 bits per heavy atom. The summed E-state index contributed by atoms with van der Waals surface area (Å²) < 4.78 is 5.91. The maximum atomic E-state index is 11.4. The molecule has 0 bridgehead atoms. The van der Waals surface area contributed by atoms with E-state index in [0.29, 0.717) is 24.6 Å². The molecule has 2 rings (SSSR count).